The number of hydrogen-bond acceptors (Lipinski definition) is 3. The fraction of sp³-hybridized carbons (Fsp3) is 0.923. The third-order valence-corrected chi connectivity index (χ3v) is 3.29. The zero-order valence-corrected chi connectivity index (χ0v) is 11.5. The molecular weight excluding hydrogens is 214 g/mol. The van der Waals surface area contributed by atoms with E-state index in [2.05, 4.69) is 36.4 Å². The van der Waals surface area contributed by atoms with Crippen LogP contribution in [-0.4, -0.2) is 50.1 Å². The van der Waals surface area contributed by atoms with Crippen LogP contribution < -0.4 is 10.6 Å². The predicted molar refractivity (Wildman–Crippen MR) is 71.0 cm³/mol. The van der Waals surface area contributed by atoms with E-state index in [1.807, 2.05) is 0 Å². The molecule has 0 radical (unpaired) electrons. The smallest absolute Gasteiger partial charge is 0.233 e. The van der Waals surface area contributed by atoms with Crippen LogP contribution in [0.1, 0.15) is 33.1 Å². The Balaban J connectivity index is 2.08. The summed E-state index contributed by atoms with van der Waals surface area (Å²) >= 11 is 0. The van der Waals surface area contributed by atoms with Gasteiger partial charge >= 0.3 is 0 Å². The molecule has 1 unspecified atom stereocenters. The van der Waals surface area contributed by atoms with Crippen molar-refractivity contribution in [3.8, 4) is 0 Å². The van der Waals surface area contributed by atoms with Crippen molar-refractivity contribution in [3.63, 3.8) is 0 Å². The van der Waals surface area contributed by atoms with E-state index in [9.17, 15) is 4.79 Å². The van der Waals surface area contributed by atoms with E-state index in [4.69, 9.17) is 0 Å². The lowest BCUT2D eigenvalue weighted by Gasteiger charge is -2.32. The van der Waals surface area contributed by atoms with E-state index in [-0.39, 0.29) is 5.91 Å². The summed E-state index contributed by atoms with van der Waals surface area (Å²) in [5.74, 6) is 0.626. The molecule has 0 aliphatic carbocycles. The summed E-state index contributed by atoms with van der Waals surface area (Å²) in [4.78, 5) is 13.9. The van der Waals surface area contributed by atoms with Crippen molar-refractivity contribution in [3.05, 3.63) is 0 Å². The maximum absolute atomic E-state index is 11.5. The van der Waals surface area contributed by atoms with Crippen LogP contribution in [0.2, 0.25) is 0 Å². The largest absolute Gasteiger partial charge is 0.355 e. The van der Waals surface area contributed by atoms with Crippen LogP contribution in [0.5, 0.6) is 0 Å². The molecule has 0 aromatic carbocycles. The van der Waals surface area contributed by atoms with Gasteiger partial charge in [-0.2, -0.15) is 0 Å². The highest BCUT2D eigenvalue weighted by Crippen LogP contribution is 2.13. The van der Waals surface area contributed by atoms with Gasteiger partial charge in [-0.15, -0.1) is 0 Å². The Labute approximate surface area is 105 Å². The quantitative estimate of drug-likeness (QED) is 0.724. The van der Waals surface area contributed by atoms with Gasteiger partial charge in [-0.05, 0) is 32.4 Å². The second kappa shape index (κ2) is 7.67. The number of nitrogens with zero attached hydrogens (tertiary/aromatic N) is 1. The summed E-state index contributed by atoms with van der Waals surface area (Å²) in [5.41, 5.74) is 0. The van der Waals surface area contributed by atoms with Gasteiger partial charge < -0.3 is 15.5 Å². The fourth-order valence-corrected chi connectivity index (χ4v) is 2.13. The first-order chi connectivity index (χ1) is 8.09. The summed E-state index contributed by atoms with van der Waals surface area (Å²) in [6.45, 7) is 7.52. The summed E-state index contributed by atoms with van der Waals surface area (Å²) in [7, 11) is 2.17. The molecule has 0 saturated carbocycles. The van der Waals surface area contributed by atoms with Crippen LogP contribution in [0, 0.1) is 5.92 Å². The van der Waals surface area contributed by atoms with Gasteiger partial charge in [0.2, 0.25) is 5.91 Å². The molecule has 1 rings (SSSR count). The molecule has 2 N–H and O–H groups in total. The van der Waals surface area contributed by atoms with Crippen LogP contribution in [0.3, 0.4) is 0 Å². The normalized spacial score (nSPS) is 21.8. The van der Waals surface area contributed by atoms with E-state index in [1.54, 1.807) is 0 Å². The maximum Gasteiger partial charge on any atom is 0.233 e. The van der Waals surface area contributed by atoms with Crippen LogP contribution >= 0.6 is 0 Å². The zero-order chi connectivity index (χ0) is 12.7. The molecular formula is C13H27N3O. The SMILES string of the molecule is CC(C)CNC(=O)CNCC1CCCCN1C. The topological polar surface area (TPSA) is 44.4 Å². The summed E-state index contributed by atoms with van der Waals surface area (Å²) in [6, 6.07) is 0.599. The molecule has 4 nitrogen and oxygen atoms in total. The molecule has 0 spiro atoms. The Morgan fingerprint density at radius 1 is 1.41 bits per heavy atom. The summed E-state index contributed by atoms with van der Waals surface area (Å²) in [5, 5.41) is 6.17. The Morgan fingerprint density at radius 2 is 2.18 bits per heavy atom. The average Bonchev–Trinajstić information content (AvgIpc) is 2.29. The lowest BCUT2D eigenvalue weighted by atomic mass is 10.0. The molecule has 0 aromatic rings. The molecule has 0 aromatic heterocycles. The minimum absolute atomic E-state index is 0.108. The van der Waals surface area contributed by atoms with Gasteiger partial charge in [-0.1, -0.05) is 20.3 Å². The van der Waals surface area contributed by atoms with Gasteiger partial charge in [0.15, 0.2) is 0 Å². The molecule has 1 amide bonds. The van der Waals surface area contributed by atoms with E-state index in [0.29, 0.717) is 18.5 Å². The number of carbonyl (C=O) groups excluding carboxylic acids is 1. The number of piperidine rings is 1. The van der Waals surface area contributed by atoms with Crippen molar-refractivity contribution in [2.45, 2.75) is 39.2 Å². The predicted octanol–water partition coefficient (Wildman–Crippen LogP) is 0.833. The van der Waals surface area contributed by atoms with E-state index >= 15 is 0 Å². The summed E-state index contributed by atoms with van der Waals surface area (Å²) in [6.07, 6.45) is 3.87. The molecule has 1 heterocycles. The maximum atomic E-state index is 11.5. The molecule has 1 saturated heterocycles. The van der Waals surface area contributed by atoms with Gasteiger partial charge in [0.1, 0.15) is 0 Å². The van der Waals surface area contributed by atoms with Crippen LogP contribution in [0.4, 0.5) is 0 Å². The number of amides is 1. The van der Waals surface area contributed by atoms with Crippen molar-refractivity contribution in [2.75, 3.05) is 33.2 Å². The first kappa shape index (κ1) is 14.5. The van der Waals surface area contributed by atoms with Gasteiger partial charge in [0, 0.05) is 19.1 Å². The van der Waals surface area contributed by atoms with Crippen molar-refractivity contribution >= 4 is 5.91 Å². The van der Waals surface area contributed by atoms with Gasteiger partial charge in [-0.3, -0.25) is 4.79 Å². The van der Waals surface area contributed by atoms with Crippen molar-refractivity contribution in [2.24, 2.45) is 5.92 Å². The number of rotatable bonds is 6. The molecule has 0 bridgehead atoms. The zero-order valence-electron chi connectivity index (χ0n) is 11.5. The Kier molecular flexibility index (Phi) is 6.52. The standard InChI is InChI=1S/C13H27N3O/c1-11(2)8-15-13(17)10-14-9-12-6-4-5-7-16(12)3/h11-12,14H,4-10H2,1-3H3,(H,15,17). The average molecular weight is 241 g/mol. The highest BCUT2D eigenvalue weighted by atomic mass is 16.1. The Bertz CT molecular complexity index is 231. The second-order valence-electron chi connectivity index (χ2n) is 5.46. The lowest BCUT2D eigenvalue weighted by Crippen LogP contribution is -2.45. The number of likely N-dealkylation sites (N-methyl/N-ethyl adjacent to an activating group) is 1. The minimum Gasteiger partial charge on any atom is -0.355 e. The van der Waals surface area contributed by atoms with Crippen LogP contribution in [0.15, 0.2) is 0 Å². The molecule has 1 atom stereocenters. The molecule has 1 aliphatic rings. The minimum atomic E-state index is 0.108. The van der Waals surface area contributed by atoms with Crippen molar-refractivity contribution in [1.82, 2.24) is 15.5 Å². The first-order valence-corrected chi connectivity index (χ1v) is 6.77. The van der Waals surface area contributed by atoms with Gasteiger partial charge in [0.25, 0.3) is 0 Å². The number of hydrogen-bond donors (Lipinski definition) is 2. The third kappa shape index (κ3) is 6.03. The first-order valence-electron chi connectivity index (χ1n) is 6.77. The summed E-state index contributed by atoms with van der Waals surface area (Å²) < 4.78 is 0. The molecule has 100 valence electrons. The van der Waals surface area contributed by atoms with E-state index in [0.717, 1.165) is 13.1 Å². The van der Waals surface area contributed by atoms with Crippen LogP contribution in [0.25, 0.3) is 0 Å². The second-order valence-corrected chi connectivity index (χ2v) is 5.46. The molecule has 1 aliphatic heterocycles. The highest BCUT2D eigenvalue weighted by Gasteiger charge is 2.18. The molecule has 4 heteroatoms. The van der Waals surface area contributed by atoms with E-state index < -0.39 is 0 Å². The lowest BCUT2D eigenvalue weighted by molar-refractivity contribution is -0.120. The molecule has 17 heavy (non-hydrogen) atoms. The fourth-order valence-electron chi connectivity index (χ4n) is 2.13. The Morgan fingerprint density at radius 3 is 2.82 bits per heavy atom. The van der Waals surface area contributed by atoms with E-state index in [1.165, 1.54) is 25.8 Å². The van der Waals surface area contributed by atoms with Crippen molar-refractivity contribution < 1.29 is 4.79 Å². The third-order valence-electron chi connectivity index (χ3n) is 3.29. The number of likely N-dealkylation sites (tertiary alicyclic amines) is 1. The monoisotopic (exact) mass is 241 g/mol. The Hall–Kier alpha value is -0.610. The van der Waals surface area contributed by atoms with Gasteiger partial charge in [-0.25, -0.2) is 0 Å². The number of nitrogens with one attached hydrogen (secondary N) is 2. The highest BCUT2D eigenvalue weighted by molar-refractivity contribution is 5.77. The van der Waals surface area contributed by atoms with Crippen molar-refractivity contribution in [1.29, 1.82) is 0 Å². The number of carbonyl (C=O) groups is 1. The molecule has 1 fully saturated rings. The van der Waals surface area contributed by atoms with Gasteiger partial charge in [0.05, 0.1) is 6.54 Å². The van der Waals surface area contributed by atoms with Crippen LogP contribution in [-0.2, 0) is 4.79 Å².